The summed E-state index contributed by atoms with van der Waals surface area (Å²) in [5.74, 6) is 0.692. The SMILES string of the molecule is Cn1c(COc2ccccc2Cl)cc2cc(Cl)ccc21. The molecule has 20 heavy (non-hydrogen) atoms. The van der Waals surface area contributed by atoms with Crippen molar-refractivity contribution in [2.45, 2.75) is 6.61 Å². The number of hydrogen-bond acceptors (Lipinski definition) is 1. The normalized spacial score (nSPS) is 10.9. The average molecular weight is 306 g/mol. The zero-order valence-corrected chi connectivity index (χ0v) is 12.4. The molecule has 0 spiro atoms. The van der Waals surface area contributed by atoms with E-state index < -0.39 is 0 Å². The maximum absolute atomic E-state index is 6.08. The molecule has 1 heterocycles. The number of rotatable bonds is 3. The van der Waals surface area contributed by atoms with Crippen molar-refractivity contribution < 1.29 is 4.74 Å². The molecule has 4 heteroatoms. The van der Waals surface area contributed by atoms with Crippen LogP contribution in [0.4, 0.5) is 0 Å². The lowest BCUT2D eigenvalue weighted by Gasteiger charge is -2.08. The van der Waals surface area contributed by atoms with E-state index in [0.717, 1.165) is 21.6 Å². The van der Waals surface area contributed by atoms with Crippen molar-refractivity contribution in [3.8, 4) is 5.75 Å². The molecule has 2 nitrogen and oxygen atoms in total. The summed E-state index contributed by atoms with van der Waals surface area (Å²) in [5, 5.41) is 2.47. The number of hydrogen-bond donors (Lipinski definition) is 0. The Bertz CT molecular complexity index is 764. The smallest absolute Gasteiger partial charge is 0.138 e. The highest BCUT2D eigenvalue weighted by molar-refractivity contribution is 6.32. The molecule has 0 aliphatic heterocycles. The van der Waals surface area contributed by atoms with Gasteiger partial charge in [0.25, 0.3) is 0 Å². The highest BCUT2D eigenvalue weighted by Crippen LogP contribution is 2.26. The highest BCUT2D eigenvalue weighted by atomic mass is 35.5. The monoisotopic (exact) mass is 305 g/mol. The molecule has 0 N–H and O–H groups in total. The van der Waals surface area contributed by atoms with Gasteiger partial charge in [0.15, 0.2) is 0 Å². The van der Waals surface area contributed by atoms with Crippen LogP contribution in [0.2, 0.25) is 10.0 Å². The number of fused-ring (bicyclic) bond motifs is 1. The van der Waals surface area contributed by atoms with Gasteiger partial charge in [0.2, 0.25) is 0 Å². The van der Waals surface area contributed by atoms with Crippen molar-refractivity contribution >= 4 is 34.1 Å². The van der Waals surface area contributed by atoms with Gasteiger partial charge < -0.3 is 9.30 Å². The van der Waals surface area contributed by atoms with E-state index in [-0.39, 0.29) is 0 Å². The zero-order valence-electron chi connectivity index (χ0n) is 10.9. The van der Waals surface area contributed by atoms with Gasteiger partial charge in [-0.15, -0.1) is 0 Å². The quantitative estimate of drug-likeness (QED) is 0.659. The van der Waals surface area contributed by atoms with Crippen molar-refractivity contribution in [2.75, 3.05) is 0 Å². The molecular formula is C16H13Cl2NO. The van der Waals surface area contributed by atoms with Crippen LogP contribution in [0.15, 0.2) is 48.5 Å². The Kier molecular flexibility index (Phi) is 3.60. The van der Waals surface area contributed by atoms with Gasteiger partial charge >= 0.3 is 0 Å². The van der Waals surface area contributed by atoms with Gasteiger partial charge in [-0.05, 0) is 36.4 Å². The van der Waals surface area contributed by atoms with Crippen LogP contribution in [0.1, 0.15) is 5.69 Å². The van der Waals surface area contributed by atoms with Gasteiger partial charge in [-0.2, -0.15) is 0 Å². The zero-order chi connectivity index (χ0) is 14.1. The number of nitrogens with zero attached hydrogens (tertiary/aromatic N) is 1. The predicted molar refractivity (Wildman–Crippen MR) is 83.7 cm³/mol. The first-order valence-electron chi connectivity index (χ1n) is 6.26. The first kappa shape index (κ1) is 13.3. The Balaban J connectivity index is 1.88. The third-order valence-electron chi connectivity index (χ3n) is 3.32. The first-order valence-corrected chi connectivity index (χ1v) is 7.02. The van der Waals surface area contributed by atoms with Crippen LogP contribution in [0.5, 0.6) is 5.75 Å². The molecule has 3 aromatic rings. The van der Waals surface area contributed by atoms with Crippen LogP contribution in [-0.2, 0) is 13.7 Å². The van der Waals surface area contributed by atoms with Crippen molar-refractivity contribution in [1.82, 2.24) is 4.57 Å². The largest absolute Gasteiger partial charge is 0.486 e. The Morgan fingerprint density at radius 1 is 1.05 bits per heavy atom. The van der Waals surface area contributed by atoms with Crippen LogP contribution in [0, 0.1) is 0 Å². The molecule has 3 rings (SSSR count). The molecule has 1 aromatic heterocycles. The lowest BCUT2D eigenvalue weighted by atomic mass is 10.2. The van der Waals surface area contributed by atoms with Crippen LogP contribution < -0.4 is 4.74 Å². The standard InChI is InChI=1S/C16H13Cl2NO/c1-19-13(9-11-8-12(17)6-7-15(11)19)10-20-16-5-3-2-4-14(16)18/h2-9H,10H2,1H3. The van der Waals surface area contributed by atoms with Gasteiger partial charge in [-0.3, -0.25) is 0 Å². The second-order valence-electron chi connectivity index (χ2n) is 4.62. The van der Waals surface area contributed by atoms with Crippen molar-refractivity contribution in [1.29, 1.82) is 0 Å². The molecule has 2 aromatic carbocycles. The van der Waals surface area contributed by atoms with Crippen LogP contribution in [-0.4, -0.2) is 4.57 Å². The minimum atomic E-state index is 0.465. The van der Waals surface area contributed by atoms with E-state index in [1.54, 1.807) is 0 Å². The summed E-state index contributed by atoms with van der Waals surface area (Å²) in [6, 6.07) is 15.4. The van der Waals surface area contributed by atoms with Gasteiger partial charge in [-0.1, -0.05) is 35.3 Å². The van der Waals surface area contributed by atoms with Gasteiger partial charge in [0, 0.05) is 23.0 Å². The summed E-state index contributed by atoms with van der Waals surface area (Å²) in [6.45, 7) is 0.465. The minimum absolute atomic E-state index is 0.465. The lowest BCUT2D eigenvalue weighted by molar-refractivity contribution is 0.298. The predicted octanol–water partition coefficient (Wildman–Crippen LogP) is 5.06. The molecule has 0 atom stereocenters. The van der Waals surface area contributed by atoms with Crippen LogP contribution in [0.25, 0.3) is 10.9 Å². The molecule has 0 aliphatic rings. The second-order valence-corrected chi connectivity index (χ2v) is 5.46. The molecule has 0 radical (unpaired) electrons. The molecule has 0 saturated carbocycles. The number of ether oxygens (including phenoxy) is 1. The fraction of sp³-hybridized carbons (Fsp3) is 0.125. The number of para-hydroxylation sites is 1. The van der Waals surface area contributed by atoms with E-state index in [2.05, 4.69) is 10.6 Å². The van der Waals surface area contributed by atoms with Gasteiger partial charge in [0.05, 0.1) is 10.7 Å². The van der Waals surface area contributed by atoms with Gasteiger partial charge in [-0.25, -0.2) is 0 Å². The van der Waals surface area contributed by atoms with E-state index in [4.69, 9.17) is 27.9 Å². The molecule has 102 valence electrons. The Morgan fingerprint density at radius 2 is 1.85 bits per heavy atom. The molecule has 0 unspecified atom stereocenters. The fourth-order valence-electron chi connectivity index (χ4n) is 2.23. The summed E-state index contributed by atoms with van der Waals surface area (Å²) in [6.07, 6.45) is 0. The average Bonchev–Trinajstić information content (AvgIpc) is 2.74. The summed E-state index contributed by atoms with van der Waals surface area (Å²) < 4.78 is 7.88. The van der Waals surface area contributed by atoms with Crippen LogP contribution in [0.3, 0.4) is 0 Å². The third kappa shape index (κ3) is 2.49. The van der Waals surface area contributed by atoms with E-state index in [9.17, 15) is 0 Å². The first-order chi connectivity index (χ1) is 9.65. The topological polar surface area (TPSA) is 14.2 Å². The molecule has 0 bridgehead atoms. The number of benzene rings is 2. The molecule has 0 saturated heterocycles. The van der Waals surface area contributed by atoms with Crippen molar-refractivity contribution in [2.24, 2.45) is 7.05 Å². The summed E-state index contributed by atoms with van der Waals surface area (Å²) >= 11 is 12.1. The summed E-state index contributed by atoms with van der Waals surface area (Å²) in [5.41, 5.74) is 2.20. The van der Waals surface area contributed by atoms with Gasteiger partial charge in [0.1, 0.15) is 12.4 Å². The number of aryl methyl sites for hydroxylation is 1. The molecule has 0 fully saturated rings. The summed E-state index contributed by atoms with van der Waals surface area (Å²) in [4.78, 5) is 0. The lowest BCUT2D eigenvalue weighted by Crippen LogP contribution is -2.01. The minimum Gasteiger partial charge on any atom is -0.486 e. The third-order valence-corrected chi connectivity index (χ3v) is 3.86. The van der Waals surface area contributed by atoms with Crippen molar-refractivity contribution in [3.63, 3.8) is 0 Å². The summed E-state index contributed by atoms with van der Waals surface area (Å²) in [7, 11) is 2.02. The molecular weight excluding hydrogens is 293 g/mol. The van der Waals surface area contributed by atoms with Crippen molar-refractivity contribution in [3.05, 3.63) is 64.3 Å². The Hall–Kier alpha value is -1.64. The Morgan fingerprint density at radius 3 is 2.65 bits per heavy atom. The van der Waals surface area contributed by atoms with E-state index in [1.165, 1.54) is 0 Å². The van der Waals surface area contributed by atoms with Crippen LogP contribution >= 0.6 is 23.2 Å². The number of aromatic nitrogens is 1. The number of halogens is 2. The molecule has 0 amide bonds. The second kappa shape index (κ2) is 5.39. The van der Waals surface area contributed by atoms with E-state index in [0.29, 0.717) is 17.4 Å². The highest BCUT2D eigenvalue weighted by Gasteiger charge is 2.08. The maximum Gasteiger partial charge on any atom is 0.138 e. The van der Waals surface area contributed by atoms with E-state index in [1.807, 2.05) is 49.5 Å². The fourth-order valence-corrected chi connectivity index (χ4v) is 2.60. The Labute approximate surface area is 127 Å². The van der Waals surface area contributed by atoms with E-state index >= 15 is 0 Å². The maximum atomic E-state index is 6.08. The molecule has 0 aliphatic carbocycles.